The molecule has 4 nitrogen and oxygen atoms in total. The highest BCUT2D eigenvalue weighted by Crippen LogP contribution is 2.35. The molecule has 2 amide bonds. The van der Waals surface area contributed by atoms with Crippen molar-refractivity contribution >= 4 is 27.7 Å². The Kier molecular flexibility index (Phi) is 3.54. The summed E-state index contributed by atoms with van der Waals surface area (Å²) in [5.74, 6) is 0.338. The standard InChI is InChI=1S/C15H17BrN2O2/c1-9-14(19)17-13(10-6-7-10)15(20)18(9)8-11-4-2-3-5-12(11)16/h2-5,9-10,13H,6-8H2,1H3,(H,17,19). The SMILES string of the molecule is CC1C(=O)NC(C2CC2)C(=O)N1Cc1ccccc1Br. The molecule has 1 saturated heterocycles. The lowest BCUT2D eigenvalue weighted by Crippen LogP contribution is -2.62. The van der Waals surface area contributed by atoms with Gasteiger partial charge in [0.2, 0.25) is 11.8 Å². The summed E-state index contributed by atoms with van der Waals surface area (Å²) >= 11 is 3.50. The number of rotatable bonds is 3. The number of amides is 2. The molecule has 1 aliphatic carbocycles. The van der Waals surface area contributed by atoms with E-state index in [1.54, 1.807) is 11.8 Å². The summed E-state index contributed by atoms with van der Waals surface area (Å²) in [5.41, 5.74) is 1.02. The lowest BCUT2D eigenvalue weighted by molar-refractivity contribution is -0.149. The first-order chi connectivity index (χ1) is 9.58. The predicted octanol–water partition coefficient (Wildman–Crippen LogP) is 2.07. The maximum Gasteiger partial charge on any atom is 0.246 e. The minimum absolute atomic E-state index is 0.0476. The molecule has 0 radical (unpaired) electrons. The molecule has 1 aliphatic heterocycles. The normalized spacial score (nSPS) is 26.6. The molecule has 1 saturated carbocycles. The van der Waals surface area contributed by atoms with Crippen LogP contribution in [0.25, 0.3) is 0 Å². The van der Waals surface area contributed by atoms with E-state index in [1.165, 1.54) is 0 Å². The smallest absolute Gasteiger partial charge is 0.246 e. The van der Waals surface area contributed by atoms with Crippen LogP contribution in [0.5, 0.6) is 0 Å². The van der Waals surface area contributed by atoms with Gasteiger partial charge in [-0.2, -0.15) is 0 Å². The van der Waals surface area contributed by atoms with Crippen LogP contribution in [0.2, 0.25) is 0 Å². The molecule has 1 N–H and O–H groups in total. The molecule has 3 rings (SSSR count). The van der Waals surface area contributed by atoms with Crippen molar-refractivity contribution in [2.24, 2.45) is 5.92 Å². The molecule has 0 bridgehead atoms. The van der Waals surface area contributed by atoms with E-state index in [2.05, 4.69) is 21.2 Å². The van der Waals surface area contributed by atoms with Crippen molar-refractivity contribution in [2.45, 2.75) is 38.4 Å². The second-order valence-electron chi connectivity index (χ2n) is 5.56. The van der Waals surface area contributed by atoms with Gasteiger partial charge in [0.15, 0.2) is 0 Å². The Morgan fingerprint density at radius 2 is 2.00 bits per heavy atom. The molecule has 2 atom stereocenters. The molecule has 2 unspecified atom stereocenters. The number of nitrogens with one attached hydrogen (secondary N) is 1. The molecular formula is C15H17BrN2O2. The lowest BCUT2D eigenvalue weighted by atomic mass is 10.0. The predicted molar refractivity (Wildman–Crippen MR) is 78.8 cm³/mol. The largest absolute Gasteiger partial charge is 0.342 e. The van der Waals surface area contributed by atoms with Crippen LogP contribution >= 0.6 is 15.9 Å². The topological polar surface area (TPSA) is 49.4 Å². The van der Waals surface area contributed by atoms with Gasteiger partial charge in [-0.1, -0.05) is 34.1 Å². The average Bonchev–Trinajstić information content (AvgIpc) is 3.25. The fraction of sp³-hybridized carbons (Fsp3) is 0.467. The summed E-state index contributed by atoms with van der Waals surface area (Å²) in [7, 11) is 0. The minimum Gasteiger partial charge on any atom is -0.342 e. The maximum atomic E-state index is 12.6. The Morgan fingerprint density at radius 3 is 2.65 bits per heavy atom. The van der Waals surface area contributed by atoms with Crippen molar-refractivity contribution in [2.75, 3.05) is 0 Å². The summed E-state index contributed by atoms with van der Waals surface area (Å²) in [6, 6.07) is 7.08. The first-order valence-electron chi connectivity index (χ1n) is 6.92. The Morgan fingerprint density at radius 1 is 1.30 bits per heavy atom. The molecule has 106 valence electrons. The Balaban J connectivity index is 1.83. The number of carbonyl (C=O) groups is 2. The van der Waals surface area contributed by atoms with E-state index in [4.69, 9.17) is 0 Å². The van der Waals surface area contributed by atoms with Crippen LogP contribution < -0.4 is 5.32 Å². The van der Waals surface area contributed by atoms with Gasteiger partial charge in [0, 0.05) is 11.0 Å². The summed E-state index contributed by atoms with van der Waals surface area (Å²) in [6.45, 7) is 2.26. The Labute approximate surface area is 126 Å². The van der Waals surface area contributed by atoms with E-state index in [9.17, 15) is 9.59 Å². The number of hydrogen-bond donors (Lipinski definition) is 1. The van der Waals surface area contributed by atoms with Gasteiger partial charge >= 0.3 is 0 Å². The third-order valence-electron chi connectivity index (χ3n) is 4.09. The van der Waals surface area contributed by atoms with Gasteiger partial charge < -0.3 is 10.2 Å². The number of benzene rings is 1. The van der Waals surface area contributed by atoms with Crippen LogP contribution in [0.15, 0.2) is 28.7 Å². The molecule has 1 aromatic rings. The molecule has 20 heavy (non-hydrogen) atoms. The minimum atomic E-state index is -0.412. The highest BCUT2D eigenvalue weighted by Gasteiger charge is 2.45. The second-order valence-corrected chi connectivity index (χ2v) is 6.41. The van der Waals surface area contributed by atoms with Gasteiger partial charge in [0.25, 0.3) is 0 Å². The van der Waals surface area contributed by atoms with Crippen LogP contribution in [0.3, 0.4) is 0 Å². The summed E-state index contributed by atoms with van der Waals surface area (Å²) in [5, 5.41) is 2.87. The maximum absolute atomic E-state index is 12.6. The monoisotopic (exact) mass is 336 g/mol. The summed E-state index contributed by atoms with van der Waals surface area (Å²) in [4.78, 5) is 26.3. The average molecular weight is 337 g/mol. The molecule has 0 aromatic heterocycles. The third kappa shape index (κ3) is 2.46. The zero-order chi connectivity index (χ0) is 14.3. The van der Waals surface area contributed by atoms with Crippen molar-refractivity contribution in [3.8, 4) is 0 Å². The van der Waals surface area contributed by atoms with Crippen molar-refractivity contribution < 1.29 is 9.59 Å². The summed E-state index contributed by atoms with van der Waals surface area (Å²) in [6.07, 6.45) is 2.07. The van der Waals surface area contributed by atoms with Crippen molar-refractivity contribution in [1.29, 1.82) is 0 Å². The van der Waals surface area contributed by atoms with Crippen LogP contribution in [-0.2, 0) is 16.1 Å². The van der Waals surface area contributed by atoms with Gasteiger partial charge in [-0.25, -0.2) is 0 Å². The van der Waals surface area contributed by atoms with E-state index in [1.807, 2.05) is 24.3 Å². The van der Waals surface area contributed by atoms with Crippen molar-refractivity contribution in [3.05, 3.63) is 34.3 Å². The van der Waals surface area contributed by atoms with Crippen molar-refractivity contribution in [1.82, 2.24) is 10.2 Å². The number of halogens is 1. The number of hydrogen-bond acceptors (Lipinski definition) is 2. The zero-order valence-electron chi connectivity index (χ0n) is 11.3. The van der Waals surface area contributed by atoms with E-state index in [0.29, 0.717) is 12.5 Å². The van der Waals surface area contributed by atoms with Crippen LogP contribution in [0.4, 0.5) is 0 Å². The molecule has 0 spiro atoms. The highest BCUT2D eigenvalue weighted by molar-refractivity contribution is 9.10. The first kappa shape index (κ1) is 13.6. The second kappa shape index (κ2) is 5.20. The van der Waals surface area contributed by atoms with Gasteiger partial charge in [0.05, 0.1) is 0 Å². The highest BCUT2D eigenvalue weighted by atomic mass is 79.9. The molecule has 2 aliphatic rings. The molecule has 1 aromatic carbocycles. The van der Waals surface area contributed by atoms with E-state index in [-0.39, 0.29) is 17.9 Å². The zero-order valence-corrected chi connectivity index (χ0v) is 12.9. The van der Waals surface area contributed by atoms with Crippen LogP contribution in [-0.4, -0.2) is 28.8 Å². The molecule has 1 heterocycles. The first-order valence-corrected chi connectivity index (χ1v) is 7.71. The Bertz CT molecular complexity index is 557. The van der Waals surface area contributed by atoms with E-state index in [0.717, 1.165) is 22.9 Å². The third-order valence-corrected chi connectivity index (χ3v) is 4.86. The van der Waals surface area contributed by atoms with E-state index < -0.39 is 6.04 Å². The quantitative estimate of drug-likeness (QED) is 0.918. The van der Waals surface area contributed by atoms with E-state index >= 15 is 0 Å². The molecule has 5 heteroatoms. The van der Waals surface area contributed by atoms with Gasteiger partial charge in [0.1, 0.15) is 12.1 Å². The van der Waals surface area contributed by atoms with Crippen molar-refractivity contribution in [3.63, 3.8) is 0 Å². The lowest BCUT2D eigenvalue weighted by Gasteiger charge is -2.37. The molecular weight excluding hydrogens is 320 g/mol. The fourth-order valence-electron chi connectivity index (χ4n) is 2.62. The van der Waals surface area contributed by atoms with Crippen LogP contribution in [0, 0.1) is 5.92 Å². The molecule has 2 fully saturated rings. The number of nitrogens with zero attached hydrogens (tertiary/aromatic N) is 1. The summed E-state index contributed by atoms with van der Waals surface area (Å²) < 4.78 is 0.967. The number of carbonyl (C=O) groups excluding carboxylic acids is 2. The van der Waals surface area contributed by atoms with Gasteiger partial charge in [-0.3, -0.25) is 9.59 Å². The number of piperazine rings is 1. The fourth-order valence-corrected chi connectivity index (χ4v) is 3.03. The van der Waals surface area contributed by atoms with Gasteiger partial charge in [-0.15, -0.1) is 0 Å². The Hall–Kier alpha value is -1.36. The van der Waals surface area contributed by atoms with Gasteiger partial charge in [-0.05, 0) is 37.3 Å². The van der Waals surface area contributed by atoms with Crippen LogP contribution in [0.1, 0.15) is 25.3 Å².